The van der Waals surface area contributed by atoms with E-state index < -0.39 is 0 Å². The molecule has 7 fully saturated rings. The molecule has 7 saturated carbocycles. The lowest BCUT2D eigenvalue weighted by Gasteiger charge is -2.71. The molecule has 7 rings (SSSR count). The third-order valence-electron chi connectivity index (χ3n) is 7.16. The van der Waals surface area contributed by atoms with Crippen LogP contribution in [0.5, 0.6) is 0 Å². The van der Waals surface area contributed by atoms with E-state index in [1.165, 1.54) is 19.3 Å². The molecule has 0 heterocycles. The normalized spacial score (nSPS) is 68.9. The van der Waals surface area contributed by atoms with Gasteiger partial charge < -0.3 is 0 Å². The first-order valence-corrected chi connectivity index (χ1v) is 7.14. The molecule has 2 heteroatoms. The highest BCUT2D eigenvalue weighted by Crippen LogP contribution is 2.72. The molecule has 0 atom stereocenters. The maximum atomic E-state index is 11.2. The van der Waals surface area contributed by atoms with Crippen LogP contribution in [0.25, 0.3) is 0 Å². The van der Waals surface area contributed by atoms with Gasteiger partial charge in [-0.25, -0.2) is 0 Å². The molecular weight excluding hydrogens is 198 g/mol. The molecule has 16 heavy (non-hydrogen) atoms. The van der Waals surface area contributed by atoms with Crippen molar-refractivity contribution in [2.24, 2.45) is 46.6 Å². The molecule has 7 aliphatic carbocycles. The van der Waals surface area contributed by atoms with E-state index in [4.69, 9.17) is 0 Å². The summed E-state index contributed by atoms with van der Waals surface area (Å²) in [4.78, 5) is 11.2. The van der Waals surface area contributed by atoms with Gasteiger partial charge in [-0.15, -0.1) is 0 Å². The van der Waals surface area contributed by atoms with Crippen molar-refractivity contribution in [2.75, 3.05) is 0 Å². The van der Waals surface area contributed by atoms with Crippen LogP contribution in [0.4, 0.5) is 0 Å². The van der Waals surface area contributed by atoms with E-state index in [1.807, 2.05) is 0 Å². The van der Waals surface area contributed by atoms with Gasteiger partial charge in [0.25, 0.3) is 0 Å². The van der Waals surface area contributed by atoms with Crippen LogP contribution in [0.15, 0.2) is 5.18 Å². The summed E-state index contributed by atoms with van der Waals surface area (Å²) in [7, 11) is 0. The minimum Gasteiger partial charge on any atom is -0.150 e. The van der Waals surface area contributed by atoms with Crippen molar-refractivity contribution >= 4 is 0 Å². The fourth-order valence-electron chi connectivity index (χ4n) is 6.98. The predicted molar refractivity (Wildman–Crippen MR) is 60.7 cm³/mol. The van der Waals surface area contributed by atoms with Crippen molar-refractivity contribution in [1.82, 2.24) is 0 Å². The smallest absolute Gasteiger partial charge is 0.103 e. The molecule has 0 unspecified atom stereocenters. The molecule has 86 valence electrons. The van der Waals surface area contributed by atoms with Gasteiger partial charge in [0.2, 0.25) is 0 Å². The van der Waals surface area contributed by atoms with Gasteiger partial charge in [0.05, 0.1) is 0 Å². The fourth-order valence-corrected chi connectivity index (χ4v) is 6.98. The van der Waals surface area contributed by atoms with E-state index in [2.05, 4.69) is 5.18 Å². The second-order valence-corrected chi connectivity index (χ2v) is 7.48. The van der Waals surface area contributed by atoms with Crippen molar-refractivity contribution in [3.63, 3.8) is 0 Å². The summed E-state index contributed by atoms with van der Waals surface area (Å²) < 4.78 is 0. The van der Waals surface area contributed by atoms with Crippen LogP contribution in [-0.4, -0.2) is 5.54 Å². The average Bonchev–Trinajstić information content (AvgIpc) is 2.35. The van der Waals surface area contributed by atoms with E-state index >= 15 is 0 Å². The van der Waals surface area contributed by atoms with Crippen LogP contribution in [0.1, 0.15) is 38.5 Å². The number of nitroso groups, excluding NO2 is 1. The average molecular weight is 217 g/mol. The summed E-state index contributed by atoms with van der Waals surface area (Å²) in [6.45, 7) is 0. The predicted octanol–water partition coefficient (Wildman–Crippen LogP) is 3.21. The Hall–Kier alpha value is -0.400. The summed E-state index contributed by atoms with van der Waals surface area (Å²) in [6, 6.07) is 0. The van der Waals surface area contributed by atoms with Crippen molar-refractivity contribution in [2.45, 2.75) is 44.1 Å². The Labute approximate surface area is 96.1 Å². The van der Waals surface area contributed by atoms with Gasteiger partial charge in [0.1, 0.15) is 5.54 Å². The third kappa shape index (κ3) is 0.752. The van der Waals surface area contributed by atoms with E-state index in [9.17, 15) is 4.91 Å². The molecular formula is C14H19NO. The van der Waals surface area contributed by atoms with E-state index in [0.717, 1.165) is 60.7 Å². The Balaban J connectivity index is 1.67. The summed E-state index contributed by atoms with van der Waals surface area (Å²) in [5.74, 6) is 6.81. The Bertz CT molecular complexity index is 317. The lowest BCUT2D eigenvalue weighted by molar-refractivity contribution is -0.208. The topological polar surface area (TPSA) is 29.4 Å². The molecule has 0 aromatic rings. The largest absolute Gasteiger partial charge is 0.150 e. The molecule has 7 aliphatic rings. The minimum absolute atomic E-state index is 0.0896. The third-order valence-corrected chi connectivity index (χ3v) is 7.16. The monoisotopic (exact) mass is 217 g/mol. The molecule has 0 aliphatic heterocycles. The first-order chi connectivity index (χ1) is 7.80. The molecule has 8 bridgehead atoms. The van der Waals surface area contributed by atoms with Gasteiger partial charge in [-0.1, -0.05) is 5.18 Å². The van der Waals surface area contributed by atoms with Gasteiger partial charge in [-0.3, -0.25) is 0 Å². The Morgan fingerprint density at radius 1 is 0.750 bits per heavy atom. The quantitative estimate of drug-likeness (QED) is 0.620. The number of hydrogen-bond donors (Lipinski definition) is 0. The Morgan fingerprint density at radius 2 is 1.19 bits per heavy atom. The molecule has 0 saturated heterocycles. The minimum atomic E-state index is -0.0896. The van der Waals surface area contributed by atoms with Crippen molar-refractivity contribution < 1.29 is 0 Å². The Morgan fingerprint density at radius 3 is 1.56 bits per heavy atom. The van der Waals surface area contributed by atoms with E-state index in [1.54, 1.807) is 0 Å². The fraction of sp³-hybridized carbons (Fsp3) is 1.00. The van der Waals surface area contributed by atoms with Crippen LogP contribution >= 0.6 is 0 Å². The van der Waals surface area contributed by atoms with Crippen LogP contribution in [0.3, 0.4) is 0 Å². The highest BCUT2D eigenvalue weighted by Gasteiger charge is 2.67. The number of nitrogens with zero attached hydrogens (tertiary/aromatic N) is 1. The molecule has 0 aromatic heterocycles. The van der Waals surface area contributed by atoms with Gasteiger partial charge in [-0.05, 0) is 80.0 Å². The van der Waals surface area contributed by atoms with E-state index in [0.29, 0.717) is 0 Å². The van der Waals surface area contributed by atoms with Gasteiger partial charge in [-0.2, -0.15) is 4.91 Å². The van der Waals surface area contributed by atoms with Crippen molar-refractivity contribution in [3.8, 4) is 0 Å². The van der Waals surface area contributed by atoms with Crippen LogP contribution in [0, 0.1) is 46.3 Å². The lowest BCUT2D eigenvalue weighted by atomic mass is 9.34. The summed E-state index contributed by atoms with van der Waals surface area (Å²) in [5.41, 5.74) is -0.0896. The second-order valence-electron chi connectivity index (χ2n) is 7.48. The van der Waals surface area contributed by atoms with Crippen LogP contribution < -0.4 is 0 Å². The number of hydrogen-bond acceptors (Lipinski definition) is 2. The van der Waals surface area contributed by atoms with Gasteiger partial charge in [0.15, 0.2) is 0 Å². The zero-order valence-corrected chi connectivity index (χ0v) is 9.64. The summed E-state index contributed by atoms with van der Waals surface area (Å²) in [5, 5.41) is 3.61. The summed E-state index contributed by atoms with van der Waals surface area (Å²) >= 11 is 0. The molecule has 0 N–H and O–H groups in total. The maximum Gasteiger partial charge on any atom is 0.103 e. The van der Waals surface area contributed by atoms with Crippen LogP contribution in [-0.2, 0) is 0 Å². The first-order valence-electron chi connectivity index (χ1n) is 7.14. The van der Waals surface area contributed by atoms with Crippen molar-refractivity contribution in [1.29, 1.82) is 0 Å². The molecule has 0 aromatic carbocycles. The first kappa shape index (κ1) is 8.66. The summed E-state index contributed by atoms with van der Waals surface area (Å²) in [6.07, 6.45) is 8.01. The molecule has 0 spiro atoms. The SMILES string of the molecule is O=NC12CC3C4CC5CC3C(C1)C(C5)C4C2. The van der Waals surface area contributed by atoms with Gasteiger partial charge in [0, 0.05) is 0 Å². The second kappa shape index (κ2) is 2.39. The zero-order valence-electron chi connectivity index (χ0n) is 9.64. The standard InChI is InChI=1S/C14H19NO/c16-15-14-4-11-8-1-7-2-9(11)13(6-14)10(3-7)12(8)5-14/h7-13H,1-6H2. The van der Waals surface area contributed by atoms with E-state index in [-0.39, 0.29) is 5.54 Å². The van der Waals surface area contributed by atoms with Gasteiger partial charge >= 0.3 is 0 Å². The zero-order chi connectivity index (χ0) is 10.5. The molecule has 2 nitrogen and oxygen atoms in total. The lowest BCUT2D eigenvalue weighted by Crippen LogP contribution is -2.66. The Kier molecular flexibility index (Phi) is 1.29. The highest BCUT2D eigenvalue weighted by atomic mass is 16.3. The maximum absolute atomic E-state index is 11.2. The van der Waals surface area contributed by atoms with Crippen molar-refractivity contribution in [3.05, 3.63) is 4.91 Å². The highest BCUT2D eigenvalue weighted by molar-refractivity contribution is 5.18. The van der Waals surface area contributed by atoms with Crippen LogP contribution in [0.2, 0.25) is 0 Å². The number of rotatable bonds is 1. The molecule has 0 amide bonds. The molecule has 0 radical (unpaired) electrons.